The van der Waals surface area contributed by atoms with Gasteiger partial charge in [0.25, 0.3) is 0 Å². The second-order valence-electron chi connectivity index (χ2n) is 20.6. The molecule has 0 atom stereocenters. The number of aliphatic carboxylic acids is 1. The molecule has 0 saturated heterocycles. The second-order valence-corrected chi connectivity index (χ2v) is 20.6. The Balaban J connectivity index is 0.000000157. The molecule has 4 heterocycles. The van der Waals surface area contributed by atoms with Crippen molar-refractivity contribution < 1.29 is 14.7 Å². The van der Waals surface area contributed by atoms with E-state index in [-0.39, 0.29) is 12.3 Å². The van der Waals surface area contributed by atoms with Crippen LogP contribution >= 0.6 is 0 Å². The number of rotatable bonds is 21. The van der Waals surface area contributed by atoms with E-state index >= 15 is 0 Å². The van der Waals surface area contributed by atoms with Gasteiger partial charge in [0, 0.05) is 66.0 Å². The van der Waals surface area contributed by atoms with Gasteiger partial charge in [-0.3, -0.25) is 9.59 Å². The number of aryl methyl sites for hydroxylation is 4. The maximum atomic E-state index is 12.6. The molecule has 1 amide bonds. The number of fused-ring (bicyclic) bond motifs is 2. The number of imidazole rings is 2. The molecule has 0 fully saturated rings. The van der Waals surface area contributed by atoms with Crippen molar-refractivity contribution in [1.82, 2.24) is 34.4 Å². The Bertz CT molecular complexity index is 3720. The third kappa shape index (κ3) is 13.0. The van der Waals surface area contributed by atoms with Gasteiger partial charge in [0.1, 0.15) is 11.1 Å². The number of nitrogens with zero attached hydrogens (tertiary/aromatic N) is 4. The normalized spacial score (nSPS) is 11.3. The molecule has 83 heavy (non-hydrogen) atoms. The van der Waals surface area contributed by atoms with Crippen LogP contribution in [0.25, 0.3) is 21.8 Å². The summed E-state index contributed by atoms with van der Waals surface area (Å²) in [7, 11) is 0. The fourth-order valence-electron chi connectivity index (χ4n) is 11.4. The van der Waals surface area contributed by atoms with E-state index in [0.29, 0.717) is 25.9 Å². The first kappa shape index (κ1) is 56.4. The molecule has 11 heteroatoms. The Morgan fingerprint density at radius 2 is 0.783 bits per heavy atom. The summed E-state index contributed by atoms with van der Waals surface area (Å²) in [6, 6.07) is 79.9. The molecule has 12 rings (SSSR count). The molecule has 0 aliphatic heterocycles. The third-order valence-electron chi connectivity index (χ3n) is 15.3. The summed E-state index contributed by atoms with van der Waals surface area (Å²) in [5, 5.41) is 14.0. The molecule has 0 saturated carbocycles. The number of carboxylic acid groups (broad SMARTS) is 1. The van der Waals surface area contributed by atoms with Gasteiger partial charge >= 0.3 is 5.97 Å². The van der Waals surface area contributed by atoms with Gasteiger partial charge in [-0.25, -0.2) is 9.97 Å². The lowest BCUT2D eigenvalue weighted by Crippen LogP contribution is -2.36. The van der Waals surface area contributed by atoms with Crippen molar-refractivity contribution in [2.24, 2.45) is 5.73 Å². The van der Waals surface area contributed by atoms with Crippen LogP contribution < -0.4 is 11.1 Å². The summed E-state index contributed by atoms with van der Waals surface area (Å²) in [6.07, 6.45) is 17.5. The van der Waals surface area contributed by atoms with E-state index in [0.717, 1.165) is 65.5 Å². The summed E-state index contributed by atoms with van der Waals surface area (Å²) in [4.78, 5) is 38.9. The fourth-order valence-corrected chi connectivity index (χ4v) is 11.4. The van der Waals surface area contributed by atoms with Crippen LogP contribution in [0.1, 0.15) is 81.6 Å². The summed E-state index contributed by atoms with van der Waals surface area (Å²) in [5.74, 6) is -0.674. The van der Waals surface area contributed by atoms with Crippen LogP contribution in [0, 0.1) is 0 Å². The zero-order chi connectivity index (χ0) is 57.1. The van der Waals surface area contributed by atoms with Crippen LogP contribution in [0.3, 0.4) is 0 Å². The number of carbonyl (C=O) groups excluding carboxylic acids is 1. The van der Waals surface area contributed by atoms with E-state index in [1.54, 1.807) is 0 Å². The molecule has 0 aliphatic carbocycles. The lowest BCUT2D eigenvalue weighted by molar-refractivity contribution is -0.137. The van der Waals surface area contributed by atoms with Crippen LogP contribution in [0.15, 0.2) is 268 Å². The molecular formula is C72H70N8O3. The first-order valence-corrected chi connectivity index (χ1v) is 28.6. The molecule has 0 aliphatic rings. The number of nitrogens with one attached hydrogen (secondary N) is 3. The predicted octanol–water partition coefficient (Wildman–Crippen LogP) is 13.7. The minimum absolute atomic E-state index is 0.0806. The van der Waals surface area contributed by atoms with Crippen molar-refractivity contribution in [3.8, 4) is 0 Å². The number of hydrogen-bond acceptors (Lipinski definition) is 5. The number of aromatic nitrogens is 6. The lowest BCUT2D eigenvalue weighted by Gasteiger charge is -2.37. The molecule has 11 nitrogen and oxygen atoms in total. The molecule has 416 valence electrons. The van der Waals surface area contributed by atoms with Crippen molar-refractivity contribution in [2.45, 2.75) is 62.4 Å². The Labute approximate surface area is 485 Å². The number of H-pyrrole nitrogens is 2. The number of carbonyl (C=O) groups is 2. The smallest absolute Gasteiger partial charge is 0.303 e. The first-order valence-electron chi connectivity index (χ1n) is 28.6. The minimum Gasteiger partial charge on any atom is -0.481 e. The number of aromatic amines is 2. The Morgan fingerprint density at radius 1 is 0.446 bits per heavy atom. The zero-order valence-corrected chi connectivity index (χ0v) is 46.6. The molecule has 0 radical (unpaired) electrons. The van der Waals surface area contributed by atoms with Crippen molar-refractivity contribution >= 4 is 33.7 Å². The summed E-state index contributed by atoms with van der Waals surface area (Å²) < 4.78 is 4.49. The van der Waals surface area contributed by atoms with Gasteiger partial charge in [0.05, 0.1) is 24.0 Å². The highest BCUT2D eigenvalue weighted by molar-refractivity contribution is 5.85. The largest absolute Gasteiger partial charge is 0.481 e. The average Bonchev–Trinajstić information content (AvgIpc) is 4.50. The Morgan fingerprint density at radius 3 is 1.14 bits per heavy atom. The number of amides is 1. The summed E-state index contributed by atoms with van der Waals surface area (Å²) >= 11 is 0. The van der Waals surface area contributed by atoms with Gasteiger partial charge in [0.2, 0.25) is 5.91 Å². The van der Waals surface area contributed by atoms with Gasteiger partial charge in [-0.15, -0.1) is 0 Å². The van der Waals surface area contributed by atoms with E-state index < -0.39 is 17.0 Å². The van der Waals surface area contributed by atoms with E-state index in [1.807, 2.05) is 61.4 Å². The van der Waals surface area contributed by atoms with Crippen molar-refractivity contribution in [3.05, 3.63) is 324 Å². The monoisotopic (exact) mass is 1090 g/mol. The Hall–Kier alpha value is -9.84. The second kappa shape index (κ2) is 27.6. The van der Waals surface area contributed by atoms with Crippen LogP contribution in [0.5, 0.6) is 0 Å². The quantitative estimate of drug-likeness (QED) is 0.0356. The predicted molar refractivity (Wildman–Crippen MR) is 333 cm³/mol. The number of nitrogens with two attached hydrogens (primary N) is 1. The summed E-state index contributed by atoms with van der Waals surface area (Å²) in [6.45, 7) is 1.30. The van der Waals surface area contributed by atoms with Crippen molar-refractivity contribution in [3.63, 3.8) is 0 Å². The molecule has 0 bridgehead atoms. The maximum Gasteiger partial charge on any atom is 0.303 e. The van der Waals surface area contributed by atoms with Crippen LogP contribution in [-0.4, -0.2) is 59.1 Å². The zero-order valence-electron chi connectivity index (χ0n) is 46.6. The van der Waals surface area contributed by atoms with E-state index in [1.165, 1.54) is 44.3 Å². The number of hydrogen-bond donors (Lipinski definition) is 5. The standard InChI is InChI=1S/C36H34N4O.C25H25N3.C11H11NO2/c41-35(23-22-28-25-38-34-21-11-10-20-33(28)34)37-24-12-19-32-26-40(27-39-32)36(29-13-4-1-5-14-29,30-15-6-2-7-16-30)31-17-8-3-9-18-31;26-18-10-17-24-19-28(20-27-24)25(21-11-4-1-5-12-21,22-13-6-2-7-14-22)23-15-8-3-9-16-23;13-11(14)6-5-8-7-12-10-4-2-1-3-9(8)10/h1-11,13-18,20-21,25-27,38H,12,19,22-24H2,(H,37,41);1-9,11-16,19-20H,10,17-18,26H2;1-4,7,12H,5-6H2,(H,13,14). The first-order chi connectivity index (χ1) is 40.9. The molecule has 4 aromatic heterocycles. The molecule has 0 spiro atoms. The number of carboxylic acids is 1. The highest BCUT2D eigenvalue weighted by Gasteiger charge is 2.39. The topological polar surface area (TPSA) is 160 Å². The minimum atomic E-state index is -0.754. The molecule has 8 aromatic carbocycles. The highest BCUT2D eigenvalue weighted by Crippen LogP contribution is 2.42. The van der Waals surface area contributed by atoms with E-state index in [9.17, 15) is 9.59 Å². The third-order valence-corrected chi connectivity index (χ3v) is 15.3. The van der Waals surface area contributed by atoms with E-state index in [4.69, 9.17) is 20.8 Å². The molecule has 0 unspecified atom stereocenters. The highest BCUT2D eigenvalue weighted by atomic mass is 16.4. The molecule has 12 aromatic rings. The fraction of sp³-hybridized carbons (Fsp3) is 0.167. The number of para-hydroxylation sites is 2. The van der Waals surface area contributed by atoms with Gasteiger partial charge in [-0.1, -0.05) is 218 Å². The molecule has 6 N–H and O–H groups in total. The number of benzene rings is 8. The summed E-state index contributed by atoms with van der Waals surface area (Å²) in [5.41, 5.74) is 18.3. The van der Waals surface area contributed by atoms with Crippen LogP contribution in [0.2, 0.25) is 0 Å². The van der Waals surface area contributed by atoms with Gasteiger partial charge in [-0.2, -0.15) is 0 Å². The Kier molecular flexibility index (Phi) is 18.7. The van der Waals surface area contributed by atoms with Crippen molar-refractivity contribution in [2.75, 3.05) is 13.1 Å². The van der Waals surface area contributed by atoms with Gasteiger partial charge in [0.15, 0.2) is 0 Å². The van der Waals surface area contributed by atoms with Gasteiger partial charge < -0.3 is 35.3 Å². The van der Waals surface area contributed by atoms with Crippen LogP contribution in [0.4, 0.5) is 0 Å². The SMILES string of the molecule is NCCCc1cn(C(c2ccccc2)(c2ccccc2)c2ccccc2)cn1.O=C(CCc1c[nH]c2ccccc12)NCCCc1cn(C(c2ccccc2)(c2ccccc2)c2ccccc2)cn1.O=C(O)CCc1c[nH]c2ccccc12. The molecular weight excluding hydrogens is 1020 g/mol. The average molecular weight is 1100 g/mol. The maximum absolute atomic E-state index is 12.6. The van der Waals surface area contributed by atoms with E-state index in [2.05, 4.69) is 231 Å². The van der Waals surface area contributed by atoms with Crippen molar-refractivity contribution in [1.29, 1.82) is 0 Å². The van der Waals surface area contributed by atoms with Gasteiger partial charge in [-0.05, 0) is 102 Å². The van der Waals surface area contributed by atoms with Crippen LogP contribution in [-0.2, 0) is 46.4 Å². The lowest BCUT2D eigenvalue weighted by atomic mass is 9.77.